The summed E-state index contributed by atoms with van der Waals surface area (Å²) < 4.78 is 19.2. The maximum Gasteiger partial charge on any atom is 0.233 e. The molecule has 140 valence electrons. The molecule has 1 N–H and O–H groups in total. The Morgan fingerprint density at radius 3 is 2.62 bits per heavy atom. The van der Waals surface area contributed by atoms with Gasteiger partial charge >= 0.3 is 0 Å². The highest BCUT2D eigenvalue weighted by molar-refractivity contribution is 6.33. The van der Waals surface area contributed by atoms with Gasteiger partial charge < -0.3 is 10.1 Å². The minimum Gasteiger partial charge on any atom is -0.476 e. The molecule has 1 spiro atoms. The van der Waals surface area contributed by atoms with Gasteiger partial charge in [-0.15, -0.1) is 22.6 Å². The van der Waals surface area contributed by atoms with Crippen LogP contribution < -0.4 is 10.1 Å². The van der Waals surface area contributed by atoms with Crippen molar-refractivity contribution >= 4 is 24.0 Å². The van der Waals surface area contributed by atoms with Crippen molar-refractivity contribution in [3.05, 3.63) is 41.2 Å². The van der Waals surface area contributed by atoms with Crippen LogP contribution in [0.25, 0.3) is 11.3 Å². The van der Waals surface area contributed by atoms with Gasteiger partial charge in [-0.05, 0) is 74.4 Å². The second-order valence-corrected chi connectivity index (χ2v) is 7.62. The lowest BCUT2D eigenvalue weighted by atomic mass is 9.58. The summed E-state index contributed by atoms with van der Waals surface area (Å²) >= 11 is 6.10. The molecule has 1 aliphatic carbocycles. The van der Waals surface area contributed by atoms with E-state index < -0.39 is 0 Å². The van der Waals surface area contributed by atoms with Gasteiger partial charge in [-0.1, -0.05) is 11.6 Å². The van der Waals surface area contributed by atoms with Crippen LogP contribution >= 0.6 is 24.0 Å². The minimum atomic E-state index is -0.349. The highest BCUT2D eigenvalue weighted by Crippen LogP contribution is 2.51. The number of rotatable bonds is 4. The molecule has 2 fully saturated rings. The summed E-state index contributed by atoms with van der Waals surface area (Å²) in [6, 6.07) is 7.73. The first-order chi connectivity index (χ1) is 12.1. The summed E-state index contributed by atoms with van der Waals surface area (Å²) in [7, 11) is 0. The van der Waals surface area contributed by atoms with Crippen LogP contribution in [-0.2, 0) is 0 Å². The van der Waals surface area contributed by atoms with Crippen molar-refractivity contribution < 1.29 is 9.13 Å². The van der Waals surface area contributed by atoms with Gasteiger partial charge in [-0.25, -0.2) is 4.39 Å². The van der Waals surface area contributed by atoms with Gasteiger partial charge in [0.2, 0.25) is 5.88 Å². The molecular weight excluding hydrogens is 376 g/mol. The molecule has 4 rings (SSSR count). The fourth-order valence-electron chi connectivity index (χ4n) is 4.09. The van der Waals surface area contributed by atoms with Crippen LogP contribution in [0.4, 0.5) is 4.39 Å². The summed E-state index contributed by atoms with van der Waals surface area (Å²) in [6.45, 7) is 2.97. The molecule has 7 heteroatoms. The fourth-order valence-corrected chi connectivity index (χ4v) is 4.30. The topological polar surface area (TPSA) is 47.0 Å². The predicted octanol–water partition coefficient (Wildman–Crippen LogP) is 4.52. The monoisotopic (exact) mass is 397 g/mol. The largest absolute Gasteiger partial charge is 0.476 e. The molecule has 26 heavy (non-hydrogen) atoms. The lowest BCUT2D eigenvalue weighted by molar-refractivity contribution is -0.00300. The van der Waals surface area contributed by atoms with E-state index in [4.69, 9.17) is 16.3 Å². The zero-order valence-corrected chi connectivity index (χ0v) is 16.0. The number of ether oxygens (including phenoxy) is 1. The van der Waals surface area contributed by atoms with Gasteiger partial charge in [-0.3, -0.25) is 0 Å². The summed E-state index contributed by atoms with van der Waals surface area (Å²) in [5.74, 6) is 0.762. The molecule has 0 amide bonds. The van der Waals surface area contributed by atoms with E-state index >= 15 is 0 Å². The molecule has 0 radical (unpaired) electrons. The van der Waals surface area contributed by atoms with Crippen molar-refractivity contribution in [1.29, 1.82) is 0 Å². The molecular formula is C19H22Cl2FN3O. The first-order valence-electron chi connectivity index (χ1n) is 8.76. The van der Waals surface area contributed by atoms with Gasteiger partial charge in [-0.2, -0.15) is 0 Å². The van der Waals surface area contributed by atoms with Crippen LogP contribution in [0.1, 0.15) is 25.7 Å². The Kier molecular flexibility index (Phi) is 6.00. The lowest BCUT2D eigenvalue weighted by Gasteiger charge is -2.50. The number of nitrogens with zero attached hydrogens (tertiary/aromatic N) is 2. The van der Waals surface area contributed by atoms with Crippen molar-refractivity contribution in [3.63, 3.8) is 0 Å². The van der Waals surface area contributed by atoms with E-state index in [-0.39, 0.29) is 18.2 Å². The molecule has 2 aliphatic rings. The van der Waals surface area contributed by atoms with Gasteiger partial charge in [0.1, 0.15) is 5.82 Å². The first-order valence-corrected chi connectivity index (χ1v) is 9.14. The normalized spacial score (nSPS) is 18.8. The van der Waals surface area contributed by atoms with Crippen LogP contribution in [0.5, 0.6) is 5.88 Å². The SMILES string of the molecule is Cl.Fc1ccc(Cl)c(-c2ccc(OCC3CC4(CCNCC4)C3)nn2)c1. The van der Waals surface area contributed by atoms with E-state index in [0.717, 1.165) is 13.1 Å². The van der Waals surface area contributed by atoms with E-state index in [0.29, 0.717) is 40.1 Å². The van der Waals surface area contributed by atoms with Crippen LogP contribution in [-0.4, -0.2) is 29.9 Å². The summed E-state index contributed by atoms with van der Waals surface area (Å²) in [5, 5.41) is 12.1. The molecule has 1 saturated carbocycles. The average Bonchev–Trinajstić information content (AvgIpc) is 2.61. The Morgan fingerprint density at radius 1 is 1.15 bits per heavy atom. The molecule has 1 aromatic carbocycles. The second-order valence-electron chi connectivity index (χ2n) is 7.22. The molecule has 1 saturated heterocycles. The van der Waals surface area contributed by atoms with Crippen molar-refractivity contribution in [2.24, 2.45) is 11.3 Å². The lowest BCUT2D eigenvalue weighted by Crippen LogP contribution is -2.46. The van der Waals surface area contributed by atoms with Crippen LogP contribution in [0, 0.1) is 17.2 Å². The molecule has 0 atom stereocenters. The van der Waals surface area contributed by atoms with Gasteiger partial charge in [0.05, 0.1) is 17.3 Å². The Morgan fingerprint density at radius 2 is 1.92 bits per heavy atom. The second kappa shape index (κ2) is 8.07. The average molecular weight is 398 g/mol. The number of aromatic nitrogens is 2. The van der Waals surface area contributed by atoms with Crippen molar-refractivity contribution in [2.45, 2.75) is 25.7 Å². The van der Waals surface area contributed by atoms with Crippen molar-refractivity contribution in [2.75, 3.05) is 19.7 Å². The maximum atomic E-state index is 13.4. The predicted molar refractivity (Wildman–Crippen MR) is 102 cm³/mol. The Labute approximate surface area is 163 Å². The number of benzene rings is 1. The number of hydrogen-bond acceptors (Lipinski definition) is 4. The standard InChI is InChI=1S/C19H21ClFN3O.ClH/c20-16-2-1-14(21)9-15(16)17-3-4-18(24-23-17)25-12-13-10-19(11-13)5-7-22-8-6-19;/h1-4,9,13,22H,5-8,10-12H2;1H. The van der Waals surface area contributed by atoms with Crippen molar-refractivity contribution in [1.82, 2.24) is 15.5 Å². The van der Waals surface area contributed by atoms with Crippen LogP contribution in [0.2, 0.25) is 5.02 Å². The summed E-state index contributed by atoms with van der Waals surface area (Å²) in [6.07, 6.45) is 5.07. The van der Waals surface area contributed by atoms with Crippen LogP contribution in [0.15, 0.2) is 30.3 Å². The molecule has 2 aromatic rings. The van der Waals surface area contributed by atoms with Crippen LogP contribution in [0.3, 0.4) is 0 Å². The van der Waals surface area contributed by atoms with E-state index in [1.165, 1.54) is 43.9 Å². The Balaban J connectivity index is 0.00000196. The Hall–Kier alpha value is -1.43. The fraction of sp³-hybridized carbons (Fsp3) is 0.474. The minimum absolute atomic E-state index is 0. The number of nitrogens with one attached hydrogen (secondary N) is 1. The van der Waals surface area contributed by atoms with E-state index in [1.54, 1.807) is 12.1 Å². The molecule has 1 aliphatic heterocycles. The van der Waals surface area contributed by atoms with Gasteiger partial charge in [0.25, 0.3) is 0 Å². The van der Waals surface area contributed by atoms with E-state index in [1.807, 2.05) is 0 Å². The zero-order chi connectivity index (χ0) is 17.3. The first kappa shape index (κ1) is 19.3. The quantitative estimate of drug-likeness (QED) is 0.823. The Bertz CT molecular complexity index is 743. The number of halogens is 3. The molecule has 1 aromatic heterocycles. The third kappa shape index (κ3) is 4.11. The summed E-state index contributed by atoms with van der Waals surface area (Å²) in [4.78, 5) is 0. The highest BCUT2D eigenvalue weighted by Gasteiger charge is 2.44. The molecule has 2 heterocycles. The zero-order valence-electron chi connectivity index (χ0n) is 14.4. The van der Waals surface area contributed by atoms with Gasteiger partial charge in [0.15, 0.2) is 0 Å². The maximum absolute atomic E-state index is 13.4. The number of piperidine rings is 1. The van der Waals surface area contributed by atoms with E-state index in [2.05, 4.69) is 15.5 Å². The highest BCUT2D eigenvalue weighted by atomic mass is 35.5. The third-order valence-corrected chi connectivity index (χ3v) is 5.75. The molecule has 0 bridgehead atoms. The van der Waals surface area contributed by atoms with Crippen molar-refractivity contribution in [3.8, 4) is 17.1 Å². The smallest absolute Gasteiger partial charge is 0.233 e. The van der Waals surface area contributed by atoms with Gasteiger partial charge in [0, 0.05) is 11.6 Å². The number of hydrogen-bond donors (Lipinski definition) is 1. The van der Waals surface area contributed by atoms with E-state index in [9.17, 15) is 4.39 Å². The summed E-state index contributed by atoms with van der Waals surface area (Å²) in [5.41, 5.74) is 1.63. The molecule has 4 nitrogen and oxygen atoms in total. The molecule has 0 unspecified atom stereocenters. The third-order valence-electron chi connectivity index (χ3n) is 5.42.